The summed E-state index contributed by atoms with van der Waals surface area (Å²) in [6, 6.07) is 14.7. The first-order valence-electron chi connectivity index (χ1n) is 7.69. The van der Waals surface area contributed by atoms with Gasteiger partial charge < -0.3 is 9.73 Å². The fourth-order valence-electron chi connectivity index (χ4n) is 2.25. The lowest BCUT2D eigenvalue weighted by Gasteiger charge is -2.12. The summed E-state index contributed by atoms with van der Waals surface area (Å²) in [5, 5.41) is 3.00. The number of hydrogen-bond donors (Lipinski definition) is 1. The molecule has 0 bridgehead atoms. The molecule has 0 saturated heterocycles. The van der Waals surface area contributed by atoms with E-state index in [4.69, 9.17) is 4.42 Å². The van der Waals surface area contributed by atoms with Gasteiger partial charge in [0.15, 0.2) is 5.76 Å². The Balaban J connectivity index is 1.83. The van der Waals surface area contributed by atoms with Crippen molar-refractivity contribution in [3.05, 3.63) is 60.3 Å². The van der Waals surface area contributed by atoms with Gasteiger partial charge >= 0.3 is 0 Å². The number of aromatic nitrogens is 1. The van der Waals surface area contributed by atoms with Crippen molar-refractivity contribution in [1.29, 1.82) is 0 Å². The van der Waals surface area contributed by atoms with Gasteiger partial charge in [-0.25, -0.2) is 17.7 Å². The van der Waals surface area contributed by atoms with Crippen LogP contribution in [0.25, 0.3) is 11.3 Å². The van der Waals surface area contributed by atoms with Gasteiger partial charge in [-0.3, -0.25) is 0 Å². The van der Waals surface area contributed by atoms with Crippen LogP contribution in [0.2, 0.25) is 0 Å². The second kappa shape index (κ2) is 6.70. The zero-order chi connectivity index (χ0) is 18.0. The highest BCUT2D eigenvalue weighted by molar-refractivity contribution is 7.89. The van der Waals surface area contributed by atoms with E-state index < -0.39 is 10.0 Å². The summed E-state index contributed by atoms with van der Waals surface area (Å²) in [5.41, 5.74) is 2.68. The van der Waals surface area contributed by atoms with Gasteiger partial charge in [0.2, 0.25) is 10.0 Å². The van der Waals surface area contributed by atoms with Crippen molar-refractivity contribution in [2.24, 2.45) is 0 Å². The fourth-order valence-corrected chi connectivity index (χ4v) is 3.20. The third-order valence-corrected chi connectivity index (χ3v) is 5.52. The summed E-state index contributed by atoms with van der Waals surface area (Å²) in [6.07, 6.45) is 1.63. The van der Waals surface area contributed by atoms with Gasteiger partial charge in [0.25, 0.3) is 6.01 Å². The van der Waals surface area contributed by atoms with Crippen molar-refractivity contribution >= 4 is 21.7 Å². The molecule has 1 N–H and O–H groups in total. The van der Waals surface area contributed by atoms with Gasteiger partial charge in [0.1, 0.15) is 0 Å². The van der Waals surface area contributed by atoms with E-state index in [0.29, 0.717) is 17.5 Å². The van der Waals surface area contributed by atoms with E-state index >= 15 is 0 Å². The third kappa shape index (κ3) is 3.72. The number of nitrogens with one attached hydrogen (secondary N) is 1. The number of anilines is 2. The molecule has 0 spiro atoms. The van der Waals surface area contributed by atoms with Crippen LogP contribution < -0.4 is 5.32 Å². The molecule has 0 amide bonds. The van der Waals surface area contributed by atoms with Gasteiger partial charge in [-0.05, 0) is 25.1 Å². The Morgan fingerprint density at radius 1 is 1.08 bits per heavy atom. The summed E-state index contributed by atoms with van der Waals surface area (Å²) in [5.74, 6) is 0.638. The second-order valence-electron chi connectivity index (χ2n) is 5.84. The van der Waals surface area contributed by atoms with Crippen LogP contribution in [0.1, 0.15) is 5.56 Å². The van der Waals surface area contributed by atoms with E-state index in [-0.39, 0.29) is 4.90 Å². The SMILES string of the molecule is Cc1ccc(-c2cnc(Nc3cccc(S(=O)(=O)N(C)C)c3)o2)cc1. The number of aryl methyl sites for hydroxylation is 1. The maximum atomic E-state index is 12.2. The minimum atomic E-state index is -3.49. The van der Waals surface area contributed by atoms with Gasteiger partial charge in [-0.2, -0.15) is 0 Å². The maximum Gasteiger partial charge on any atom is 0.299 e. The van der Waals surface area contributed by atoms with Crippen molar-refractivity contribution in [1.82, 2.24) is 9.29 Å². The molecular formula is C18H19N3O3S. The van der Waals surface area contributed by atoms with Gasteiger partial charge in [-0.15, -0.1) is 0 Å². The van der Waals surface area contributed by atoms with Crippen LogP contribution in [-0.4, -0.2) is 31.8 Å². The molecule has 0 aliphatic heterocycles. The average molecular weight is 357 g/mol. The molecule has 2 aromatic carbocycles. The van der Waals surface area contributed by atoms with Crippen LogP contribution in [0, 0.1) is 6.92 Å². The molecule has 25 heavy (non-hydrogen) atoms. The van der Waals surface area contributed by atoms with Crippen molar-refractivity contribution in [2.75, 3.05) is 19.4 Å². The lowest BCUT2D eigenvalue weighted by atomic mass is 10.1. The Kier molecular flexibility index (Phi) is 4.61. The van der Waals surface area contributed by atoms with Crippen molar-refractivity contribution < 1.29 is 12.8 Å². The summed E-state index contributed by atoms with van der Waals surface area (Å²) >= 11 is 0. The number of hydrogen-bond acceptors (Lipinski definition) is 5. The number of nitrogens with zero attached hydrogens (tertiary/aromatic N) is 2. The first-order valence-corrected chi connectivity index (χ1v) is 9.13. The number of benzene rings is 2. The van der Waals surface area contributed by atoms with Crippen LogP contribution in [0.15, 0.2) is 64.0 Å². The largest absolute Gasteiger partial charge is 0.423 e. The predicted molar refractivity (Wildman–Crippen MR) is 97.3 cm³/mol. The Hall–Kier alpha value is -2.64. The Morgan fingerprint density at radius 3 is 2.48 bits per heavy atom. The number of oxazole rings is 1. The molecule has 0 aliphatic carbocycles. The van der Waals surface area contributed by atoms with Crippen LogP contribution in [0.4, 0.5) is 11.7 Å². The first kappa shape index (κ1) is 17.2. The third-order valence-electron chi connectivity index (χ3n) is 3.71. The summed E-state index contributed by atoms with van der Waals surface area (Å²) in [6.45, 7) is 2.02. The fraction of sp³-hybridized carbons (Fsp3) is 0.167. The lowest BCUT2D eigenvalue weighted by molar-refractivity contribution is 0.520. The molecule has 0 saturated carbocycles. The normalized spacial score (nSPS) is 11.7. The van der Waals surface area contributed by atoms with E-state index in [1.807, 2.05) is 31.2 Å². The Morgan fingerprint density at radius 2 is 1.80 bits per heavy atom. The van der Waals surface area contributed by atoms with E-state index in [1.165, 1.54) is 24.0 Å². The first-order chi connectivity index (χ1) is 11.9. The van der Waals surface area contributed by atoms with Crippen LogP contribution in [0.5, 0.6) is 0 Å². The molecule has 0 aliphatic rings. The zero-order valence-electron chi connectivity index (χ0n) is 14.2. The molecule has 0 radical (unpaired) electrons. The van der Waals surface area contributed by atoms with Gasteiger partial charge in [0, 0.05) is 25.3 Å². The molecule has 7 heteroatoms. The molecule has 1 aromatic heterocycles. The van der Waals surface area contributed by atoms with E-state index in [2.05, 4.69) is 10.3 Å². The van der Waals surface area contributed by atoms with Crippen molar-refractivity contribution in [2.45, 2.75) is 11.8 Å². The quantitative estimate of drug-likeness (QED) is 0.754. The Bertz CT molecular complexity index is 977. The predicted octanol–water partition coefficient (Wildman–Crippen LogP) is 3.64. The van der Waals surface area contributed by atoms with E-state index in [1.54, 1.807) is 30.5 Å². The molecule has 1 heterocycles. The highest BCUT2D eigenvalue weighted by atomic mass is 32.2. The molecule has 3 rings (SSSR count). The zero-order valence-corrected chi connectivity index (χ0v) is 15.0. The number of sulfonamides is 1. The smallest absolute Gasteiger partial charge is 0.299 e. The monoisotopic (exact) mass is 357 g/mol. The van der Waals surface area contributed by atoms with Crippen LogP contribution in [0.3, 0.4) is 0 Å². The molecule has 0 atom stereocenters. The van der Waals surface area contributed by atoms with E-state index in [9.17, 15) is 8.42 Å². The molecule has 6 nitrogen and oxygen atoms in total. The molecular weight excluding hydrogens is 338 g/mol. The summed E-state index contributed by atoms with van der Waals surface area (Å²) < 4.78 is 31.3. The topological polar surface area (TPSA) is 75.4 Å². The summed E-state index contributed by atoms with van der Waals surface area (Å²) in [4.78, 5) is 4.40. The highest BCUT2D eigenvalue weighted by Crippen LogP contribution is 2.26. The number of rotatable bonds is 5. The average Bonchev–Trinajstić information content (AvgIpc) is 3.04. The minimum Gasteiger partial charge on any atom is -0.423 e. The maximum absolute atomic E-state index is 12.2. The lowest BCUT2D eigenvalue weighted by Crippen LogP contribution is -2.22. The van der Waals surface area contributed by atoms with Crippen molar-refractivity contribution in [3.63, 3.8) is 0 Å². The van der Waals surface area contributed by atoms with Crippen LogP contribution in [-0.2, 0) is 10.0 Å². The van der Waals surface area contributed by atoms with Crippen LogP contribution >= 0.6 is 0 Å². The Labute approximate surface area is 147 Å². The molecule has 3 aromatic rings. The summed E-state index contributed by atoms with van der Waals surface area (Å²) in [7, 11) is -0.496. The minimum absolute atomic E-state index is 0.202. The standard InChI is InChI=1S/C18H19N3O3S/c1-13-7-9-14(10-8-13)17-12-19-18(24-17)20-15-5-4-6-16(11-15)25(22,23)21(2)3/h4-12H,1-3H3,(H,19,20). The van der Waals surface area contributed by atoms with Crippen molar-refractivity contribution in [3.8, 4) is 11.3 Å². The molecule has 0 unspecified atom stereocenters. The highest BCUT2D eigenvalue weighted by Gasteiger charge is 2.17. The molecule has 0 fully saturated rings. The van der Waals surface area contributed by atoms with Gasteiger partial charge in [-0.1, -0.05) is 35.9 Å². The molecule has 130 valence electrons. The van der Waals surface area contributed by atoms with Gasteiger partial charge in [0.05, 0.1) is 11.1 Å². The second-order valence-corrected chi connectivity index (χ2v) is 7.99. The van der Waals surface area contributed by atoms with E-state index in [0.717, 1.165) is 5.56 Å².